The third-order valence-electron chi connectivity index (χ3n) is 6.45. The van der Waals surface area contributed by atoms with Gasteiger partial charge in [-0.05, 0) is 41.6 Å². The molecule has 9 nitrogen and oxygen atoms in total. The molecule has 3 amide bonds. The van der Waals surface area contributed by atoms with Crippen LogP contribution in [0.15, 0.2) is 48.7 Å². The average Bonchev–Trinajstić information content (AvgIpc) is 3.50. The van der Waals surface area contributed by atoms with Gasteiger partial charge in [-0.1, -0.05) is 23.4 Å². The molecule has 0 bridgehead atoms. The SMILES string of the molecule is Cn1nnc(-c2ccc3c(c2)CN(C2CCC(=O)NC2=O)C3=O)c1-c1ccc2cc[nH]c2c1. The first-order valence-electron chi connectivity index (χ1n) is 10.7. The van der Waals surface area contributed by atoms with Crippen LogP contribution in [0.25, 0.3) is 33.4 Å². The van der Waals surface area contributed by atoms with Crippen molar-refractivity contribution >= 4 is 28.6 Å². The van der Waals surface area contributed by atoms with E-state index in [0.717, 1.165) is 39.0 Å². The molecule has 164 valence electrons. The highest BCUT2D eigenvalue weighted by Crippen LogP contribution is 2.35. The average molecular weight is 440 g/mol. The maximum absolute atomic E-state index is 13.0. The first-order chi connectivity index (χ1) is 16.0. The van der Waals surface area contributed by atoms with Crippen LogP contribution in [0.4, 0.5) is 0 Å². The van der Waals surface area contributed by atoms with Crippen molar-refractivity contribution in [3.8, 4) is 22.5 Å². The van der Waals surface area contributed by atoms with Gasteiger partial charge in [0.15, 0.2) is 0 Å². The van der Waals surface area contributed by atoms with Gasteiger partial charge in [-0.25, -0.2) is 4.68 Å². The number of carbonyl (C=O) groups excluding carboxylic acids is 3. The van der Waals surface area contributed by atoms with E-state index < -0.39 is 11.9 Å². The van der Waals surface area contributed by atoms with Gasteiger partial charge in [0.05, 0.1) is 5.69 Å². The van der Waals surface area contributed by atoms with Crippen LogP contribution in [0, 0.1) is 0 Å². The number of amides is 3. The third-order valence-corrected chi connectivity index (χ3v) is 6.45. The molecular weight excluding hydrogens is 420 g/mol. The van der Waals surface area contributed by atoms with Gasteiger partial charge in [0.2, 0.25) is 11.8 Å². The van der Waals surface area contributed by atoms with E-state index in [0.29, 0.717) is 18.5 Å². The van der Waals surface area contributed by atoms with Gasteiger partial charge in [-0.2, -0.15) is 0 Å². The van der Waals surface area contributed by atoms with Crippen molar-refractivity contribution in [2.24, 2.45) is 7.05 Å². The van der Waals surface area contributed by atoms with Crippen LogP contribution in [0.1, 0.15) is 28.8 Å². The van der Waals surface area contributed by atoms with E-state index in [1.165, 1.54) is 0 Å². The Labute approximate surface area is 188 Å². The van der Waals surface area contributed by atoms with E-state index in [-0.39, 0.29) is 18.2 Å². The highest BCUT2D eigenvalue weighted by atomic mass is 16.2. The van der Waals surface area contributed by atoms with Crippen LogP contribution in [-0.4, -0.2) is 48.6 Å². The predicted molar refractivity (Wildman–Crippen MR) is 120 cm³/mol. The molecule has 1 saturated heterocycles. The molecule has 1 fully saturated rings. The van der Waals surface area contributed by atoms with Crippen LogP contribution in [-0.2, 0) is 23.2 Å². The van der Waals surface area contributed by atoms with Crippen molar-refractivity contribution in [1.29, 1.82) is 0 Å². The van der Waals surface area contributed by atoms with Crippen LogP contribution < -0.4 is 5.32 Å². The molecule has 4 heterocycles. The standard InChI is InChI=1S/C24H20N6O3/c1-29-22(15-3-2-13-8-9-25-18(13)11-15)21(27-28-29)14-4-5-17-16(10-14)12-30(24(17)33)19-6-7-20(31)26-23(19)32/h2-5,8-11,19,25H,6-7,12H2,1H3,(H,26,31,32). The number of nitrogens with zero attached hydrogens (tertiary/aromatic N) is 4. The van der Waals surface area contributed by atoms with Crippen molar-refractivity contribution in [1.82, 2.24) is 30.2 Å². The van der Waals surface area contributed by atoms with Crippen molar-refractivity contribution < 1.29 is 14.4 Å². The Hall–Kier alpha value is -4.27. The molecule has 1 atom stereocenters. The van der Waals surface area contributed by atoms with Gasteiger partial charge in [-0.3, -0.25) is 19.7 Å². The number of hydrogen-bond donors (Lipinski definition) is 2. The lowest BCUT2D eigenvalue weighted by molar-refractivity contribution is -0.136. The molecule has 2 aliphatic heterocycles. The molecule has 1 unspecified atom stereocenters. The van der Waals surface area contributed by atoms with Crippen molar-refractivity contribution in [3.63, 3.8) is 0 Å². The van der Waals surface area contributed by atoms with Gasteiger partial charge in [0.1, 0.15) is 11.7 Å². The minimum atomic E-state index is -0.634. The van der Waals surface area contributed by atoms with Crippen LogP contribution in [0.5, 0.6) is 0 Å². The molecule has 6 rings (SSSR count). The van der Waals surface area contributed by atoms with E-state index in [1.807, 2.05) is 37.5 Å². The summed E-state index contributed by atoms with van der Waals surface area (Å²) < 4.78 is 1.74. The zero-order valence-electron chi connectivity index (χ0n) is 17.8. The summed E-state index contributed by atoms with van der Waals surface area (Å²) in [4.78, 5) is 41.6. The number of H-pyrrole nitrogens is 1. The number of fused-ring (bicyclic) bond motifs is 2. The molecule has 0 radical (unpaired) electrons. The fraction of sp³-hybridized carbons (Fsp3) is 0.208. The van der Waals surface area contributed by atoms with Crippen molar-refractivity contribution in [2.75, 3.05) is 0 Å². The summed E-state index contributed by atoms with van der Waals surface area (Å²) in [6.45, 7) is 0.318. The van der Waals surface area contributed by atoms with Crippen LogP contribution >= 0.6 is 0 Å². The molecule has 0 saturated carbocycles. The van der Waals surface area contributed by atoms with E-state index in [4.69, 9.17) is 0 Å². The lowest BCUT2D eigenvalue weighted by atomic mass is 10.00. The first kappa shape index (κ1) is 19.4. The Kier molecular flexibility index (Phi) is 4.19. The van der Waals surface area contributed by atoms with E-state index >= 15 is 0 Å². The molecule has 4 aromatic rings. The number of aryl methyl sites for hydroxylation is 1. The predicted octanol–water partition coefficient (Wildman–Crippen LogP) is 2.39. The summed E-state index contributed by atoms with van der Waals surface area (Å²) in [5.41, 5.74) is 5.85. The summed E-state index contributed by atoms with van der Waals surface area (Å²) in [7, 11) is 1.85. The van der Waals surface area contributed by atoms with Gasteiger partial charge < -0.3 is 9.88 Å². The number of benzene rings is 2. The smallest absolute Gasteiger partial charge is 0.255 e. The summed E-state index contributed by atoms with van der Waals surface area (Å²) in [5.74, 6) is -0.901. The number of imide groups is 1. The number of aromatic amines is 1. The molecule has 9 heteroatoms. The molecule has 2 N–H and O–H groups in total. The van der Waals surface area contributed by atoms with Crippen molar-refractivity contribution in [2.45, 2.75) is 25.4 Å². The molecule has 2 aromatic carbocycles. The largest absolute Gasteiger partial charge is 0.361 e. The second-order valence-corrected chi connectivity index (χ2v) is 8.46. The number of nitrogens with one attached hydrogen (secondary N) is 2. The van der Waals surface area contributed by atoms with Crippen LogP contribution in [0.3, 0.4) is 0 Å². The zero-order chi connectivity index (χ0) is 22.7. The molecule has 2 aliphatic rings. The number of rotatable bonds is 3. The van der Waals surface area contributed by atoms with Gasteiger partial charge in [-0.15, -0.1) is 5.10 Å². The second kappa shape index (κ2) is 7.13. The molecular formula is C24H20N6O3. The Morgan fingerprint density at radius 2 is 1.88 bits per heavy atom. The summed E-state index contributed by atoms with van der Waals surface area (Å²) in [6.07, 6.45) is 2.48. The fourth-order valence-corrected chi connectivity index (χ4v) is 4.79. The van der Waals surface area contributed by atoms with Gasteiger partial charge in [0, 0.05) is 48.4 Å². The highest BCUT2D eigenvalue weighted by molar-refractivity contribution is 6.05. The summed E-state index contributed by atoms with van der Waals surface area (Å²) in [5, 5.41) is 12.1. The Balaban J connectivity index is 1.36. The van der Waals surface area contributed by atoms with Crippen molar-refractivity contribution in [3.05, 3.63) is 59.8 Å². The van der Waals surface area contributed by atoms with Crippen LogP contribution in [0.2, 0.25) is 0 Å². The molecule has 33 heavy (non-hydrogen) atoms. The molecule has 0 spiro atoms. The number of carbonyl (C=O) groups is 3. The lowest BCUT2D eigenvalue weighted by Gasteiger charge is -2.29. The summed E-state index contributed by atoms with van der Waals surface area (Å²) >= 11 is 0. The second-order valence-electron chi connectivity index (χ2n) is 8.46. The third kappa shape index (κ3) is 3.04. The van der Waals surface area contributed by atoms with E-state index in [1.54, 1.807) is 15.6 Å². The molecule has 0 aliphatic carbocycles. The Morgan fingerprint density at radius 1 is 1.03 bits per heavy atom. The zero-order valence-corrected chi connectivity index (χ0v) is 17.8. The van der Waals surface area contributed by atoms with Gasteiger partial charge in [0.25, 0.3) is 5.91 Å². The number of piperidine rings is 1. The maximum atomic E-state index is 13.0. The van der Waals surface area contributed by atoms with E-state index in [2.05, 4.69) is 32.7 Å². The lowest BCUT2D eigenvalue weighted by Crippen LogP contribution is -2.52. The maximum Gasteiger partial charge on any atom is 0.255 e. The first-order valence-corrected chi connectivity index (χ1v) is 10.7. The quantitative estimate of drug-likeness (QED) is 0.475. The number of aromatic nitrogens is 4. The van der Waals surface area contributed by atoms with Gasteiger partial charge >= 0.3 is 0 Å². The minimum Gasteiger partial charge on any atom is -0.361 e. The van der Waals surface area contributed by atoms with E-state index in [9.17, 15) is 14.4 Å². The number of hydrogen-bond acceptors (Lipinski definition) is 5. The topological polar surface area (TPSA) is 113 Å². The monoisotopic (exact) mass is 440 g/mol. The fourth-order valence-electron chi connectivity index (χ4n) is 4.79. The Morgan fingerprint density at radius 3 is 2.73 bits per heavy atom. The summed E-state index contributed by atoms with van der Waals surface area (Å²) in [6, 6.07) is 13.1. The normalized spacial score (nSPS) is 18.2. The highest BCUT2D eigenvalue weighted by Gasteiger charge is 2.39. The minimum absolute atomic E-state index is 0.192. The Bertz CT molecular complexity index is 1470. The molecule has 2 aromatic heterocycles.